The average molecular weight is 509 g/mol. The van der Waals surface area contributed by atoms with E-state index >= 15 is 0 Å². The van der Waals surface area contributed by atoms with Crippen LogP contribution in [0, 0.1) is 0 Å². The first-order chi connectivity index (χ1) is 16.9. The standard InChI is InChI=1S/C25H21ClN4O4S/c26-19-9-11-20(12-10-19)35(32,33)30-16-24(34-23-8-4-3-7-22(23)30)25(31)28-15-18-5-1-2-6-21(18)29-14-13-27-17-29/h1-14,17,24H,15-16H2,(H,28,31)/t24-/m1/s1. The SMILES string of the molecule is O=C(NCc1ccccc1-n1ccnc1)[C@H]1CN(S(=O)(=O)c2ccc(Cl)cc2)c2ccccc2O1. The molecular weight excluding hydrogens is 488 g/mol. The minimum atomic E-state index is -3.96. The molecular formula is C25H21ClN4O4S. The lowest BCUT2D eigenvalue weighted by Gasteiger charge is -2.34. The van der Waals surface area contributed by atoms with Gasteiger partial charge in [0.1, 0.15) is 5.75 Å². The number of hydrogen-bond donors (Lipinski definition) is 1. The number of aromatic nitrogens is 2. The number of rotatable bonds is 6. The molecule has 1 N–H and O–H groups in total. The van der Waals surface area contributed by atoms with E-state index in [1.54, 1.807) is 36.8 Å². The number of hydrogen-bond acceptors (Lipinski definition) is 5. The third-order valence-corrected chi connectivity index (χ3v) is 7.70. The number of fused-ring (bicyclic) bond motifs is 1. The Hall–Kier alpha value is -3.82. The van der Waals surface area contributed by atoms with Gasteiger partial charge < -0.3 is 14.6 Å². The number of carbonyl (C=O) groups excluding carboxylic acids is 1. The average Bonchev–Trinajstić information content (AvgIpc) is 3.42. The molecule has 4 aromatic rings. The molecule has 8 nitrogen and oxygen atoms in total. The van der Waals surface area contributed by atoms with Gasteiger partial charge in [-0.05, 0) is 48.0 Å². The smallest absolute Gasteiger partial charge is 0.264 e. The van der Waals surface area contributed by atoms with Crippen LogP contribution >= 0.6 is 11.6 Å². The van der Waals surface area contributed by atoms with Crippen molar-refractivity contribution in [1.29, 1.82) is 0 Å². The summed E-state index contributed by atoms with van der Waals surface area (Å²) in [7, 11) is -3.96. The molecule has 1 aliphatic rings. The highest BCUT2D eigenvalue weighted by Gasteiger charge is 2.37. The predicted molar refractivity (Wildman–Crippen MR) is 132 cm³/mol. The maximum absolute atomic E-state index is 13.5. The van der Waals surface area contributed by atoms with Gasteiger partial charge in [-0.1, -0.05) is 41.9 Å². The van der Waals surface area contributed by atoms with E-state index in [0.717, 1.165) is 11.3 Å². The minimum Gasteiger partial charge on any atom is -0.476 e. The largest absolute Gasteiger partial charge is 0.476 e. The van der Waals surface area contributed by atoms with Crippen LogP contribution in [-0.4, -0.2) is 36.5 Å². The van der Waals surface area contributed by atoms with Crippen LogP contribution in [0.15, 0.2) is 96.4 Å². The van der Waals surface area contributed by atoms with Gasteiger partial charge in [0.25, 0.3) is 15.9 Å². The molecule has 0 saturated carbocycles. The maximum Gasteiger partial charge on any atom is 0.264 e. The van der Waals surface area contributed by atoms with Crippen molar-refractivity contribution >= 4 is 33.2 Å². The maximum atomic E-state index is 13.5. The molecule has 3 aromatic carbocycles. The lowest BCUT2D eigenvalue weighted by atomic mass is 10.1. The molecule has 35 heavy (non-hydrogen) atoms. The van der Waals surface area contributed by atoms with Gasteiger partial charge in [-0.25, -0.2) is 13.4 Å². The number of carbonyl (C=O) groups is 1. The van der Waals surface area contributed by atoms with Crippen molar-refractivity contribution in [2.75, 3.05) is 10.8 Å². The second-order valence-corrected chi connectivity index (χ2v) is 10.2. The van der Waals surface area contributed by atoms with Crippen LogP contribution in [0.25, 0.3) is 5.69 Å². The molecule has 0 spiro atoms. The number of nitrogens with one attached hydrogen (secondary N) is 1. The first kappa shape index (κ1) is 22.9. The van der Waals surface area contributed by atoms with Crippen molar-refractivity contribution in [3.63, 3.8) is 0 Å². The Morgan fingerprint density at radius 2 is 1.74 bits per heavy atom. The highest BCUT2D eigenvalue weighted by Crippen LogP contribution is 2.37. The monoisotopic (exact) mass is 508 g/mol. The third kappa shape index (κ3) is 4.60. The van der Waals surface area contributed by atoms with Gasteiger partial charge in [0.05, 0.1) is 29.1 Å². The fourth-order valence-corrected chi connectivity index (χ4v) is 5.51. The van der Waals surface area contributed by atoms with Crippen molar-refractivity contribution in [2.24, 2.45) is 0 Å². The first-order valence-electron chi connectivity index (χ1n) is 10.8. The summed E-state index contributed by atoms with van der Waals surface area (Å²) < 4.78 is 35.9. The van der Waals surface area contributed by atoms with Crippen molar-refractivity contribution in [3.8, 4) is 11.4 Å². The van der Waals surface area contributed by atoms with E-state index < -0.39 is 22.0 Å². The Balaban J connectivity index is 1.39. The zero-order valence-electron chi connectivity index (χ0n) is 18.4. The molecule has 5 rings (SSSR count). The number of nitrogens with zero attached hydrogens (tertiary/aromatic N) is 3. The summed E-state index contributed by atoms with van der Waals surface area (Å²) in [5.41, 5.74) is 2.13. The van der Waals surface area contributed by atoms with Crippen molar-refractivity contribution in [3.05, 3.63) is 102 Å². The fraction of sp³-hybridized carbons (Fsp3) is 0.120. The summed E-state index contributed by atoms with van der Waals surface area (Å²) in [6, 6.07) is 20.3. The number of imidazole rings is 1. The number of amides is 1. The van der Waals surface area contributed by atoms with Crippen LogP contribution in [0.4, 0.5) is 5.69 Å². The lowest BCUT2D eigenvalue weighted by molar-refractivity contribution is -0.127. The summed E-state index contributed by atoms with van der Waals surface area (Å²) in [6.45, 7) is 0.0651. The van der Waals surface area contributed by atoms with E-state index in [1.807, 2.05) is 35.0 Å². The van der Waals surface area contributed by atoms with E-state index in [1.165, 1.54) is 28.6 Å². The molecule has 1 atom stereocenters. The second kappa shape index (κ2) is 9.44. The first-order valence-corrected chi connectivity index (χ1v) is 12.6. The number of anilines is 1. The van der Waals surface area contributed by atoms with Crippen molar-refractivity contribution < 1.29 is 17.9 Å². The van der Waals surface area contributed by atoms with Crippen LogP contribution in [-0.2, 0) is 21.4 Å². The Labute approximate surface area is 207 Å². The summed E-state index contributed by atoms with van der Waals surface area (Å²) >= 11 is 5.94. The van der Waals surface area contributed by atoms with Crippen LogP contribution < -0.4 is 14.4 Å². The molecule has 0 bridgehead atoms. The van der Waals surface area contributed by atoms with Crippen LogP contribution in [0.5, 0.6) is 5.75 Å². The lowest BCUT2D eigenvalue weighted by Crippen LogP contribution is -2.50. The number of para-hydroxylation sites is 3. The molecule has 0 fully saturated rings. The van der Waals surface area contributed by atoms with Gasteiger partial charge >= 0.3 is 0 Å². The molecule has 0 saturated heterocycles. The third-order valence-electron chi connectivity index (χ3n) is 5.66. The van der Waals surface area contributed by atoms with Gasteiger partial charge in [-0.2, -0.15) is 0 Å². The van der Waals surface area contributed by atoms with Crippen LogP contribution in [0.1, 0.15) is 5.56 Å². The number of halogens is 1. The van der Waals surface area contributed by atoms with E-state index in [-0.39, 0.29) is 18.0 Å². The quantitative estimate of drug-likeness (QED) is 0.427. The van der Waals surface area contributed by atoms with Gasteiger partial charge in [0.15, 0.2) is 6.10 Å². The Morgan fingerprint density at radius 3 is 2.49 bits per heavy atom. The minimum absolute atomic E-state index is 0.0759. The molecule has 1 amide bonds. The molecule has 0 radical (unpaired) electrons. The second-order valence-electron chi connectivity index (χ2n) is 7.88. The molecule has 0 aliphatic carbocycles. The number of ether oxygens (including phenoxy) is 1. The highest BCUT2D eigenvalue weighted by atomic mass is 35.5. The Morgan fingerprint density at radius 1 is 1.03 bits per heavy atom. The van der Waals surface area contributed by atoms with E-state index in [2.05, 4.69) is 10.3 Å². The van der Waals surface area contributed by atoms with Crippen LogP contribution in [0.2, 0.25) is 5.02 Å². The number of benzene rings is 3. The molecule has 178 valence electrons. The molecule has 10 heteroatoms. The summed E-state index contributed by atoms with van der Waals surface area (Å²) in [6.07, 6.45) is 4.15. The van der Waals surface area contributed by atoms with Gasteiger partial charge in [-0.15, -0.1) is 0 Å². The molecule has 0 unspecified atom stereocenters. The predicted octanol–water partition coefficient (Wildman–Crippen LogP) is 3.80. The van der Waals surface area contributed by atoms with E-state index in [0.29, 0.717) is 16.5 Å². The summed E-state index contributed by atoms with van der Waals surface area (Å²) in [4.78, 5) is 17.3. The van der Waals surface area contributed by atoms with Crippen molar-refractivity contribution in [2.45, 2.75) is 17.5 Å². The topological polar surface area (TPSA) is 93.5 Å². The Bertz CT molecular complexity index is 1460. The van der Waals surface area contributed by atoms with Gasteiger partial charge in [0, 0.05) is 24.0 Å². The molecule has 2 heterocycles. The van der Waals surface area contributed by atoms with Crippen LogP contribution in [0.3, 0.4) is 0 Å². The Kier molecular flexibility index (Phi) is 6.19. The number of sulfonamides is 1. The summed E-state index contributed by atoms with van der Waals surface area (Å²) in [5, 5.41) is 3.31. The van der Waals surface area contributed by atoms with E-state index in [9.17, 15) is 13.2 Å². The highest BCUT2D eigenvalue weighted by molar-refractivity contribution is 7.92. The van der Waals surface area contributed by atoms with Gasteiger partial charge in [-0.3, -0.25) is 9.10 Å². The van der Waals surface area contributed by atoms with Crippen molar-refractivity contribution in [1.82, 2.24) is 14.9 Å². The zero-order chi connectivity index (χ0) is 24.4. The fourth-order valence-electron chi connectivity index (χ4n) is 3.91. The molecule has 1 aromatic heterocycles. The molecule has 1 aliphatic heterocycles. The van der Waals surface area contributed by atoms with Gasteiger partial charge in [0.2, 0.25) is 0 Å². The normalized spacial score (nSPS) is 15.2. The summed E-state index contributed by atoms with van der Waals surface area (Å²) in [5.74, 6) is -0.105. The van der Waals surface area contributed by atoms with E-state index in [4.69, 9.17) is 16.3 Å². The zero-order valence-corrected chi connectivity index (χ0v) is 20.0.